The van der Waals surface area contributed by atoms with Crippen molar-refractivity contribution < 1.29 is 9.36 Å². The summed E-state index contributed by atoms with van der Waals surface area (Å²) >= 11 is 0. The molecule has 0 unspecified atom stereocenters. The molecule has 0 aliphatic heterocycles. The van der Waals surface area contributed by atoms with Gasteiger partial charge < -0.3 is 0 Å². The van der Waals surface area contributed by atoms with Crippen LogP contribution in [0.3, 0.4) is 0 Å². The first-order valence-corrected chi connectivity index (χ1v) is 9.88. The van der Waals surface area contributed by atoms with Crippen LogP contribution in [0.2, 0.25) is 0 Å². The second kappa shape index (κ2) is 8.72. The van der Waals surface area contributed by atoms with Gasteiger partial charge >= 0.3 is 5.91 Å². The fourth-order valence-electron chi connectivity index (χ4n) is 3.50. The Labute approximate surface area is 177 Å². The number of pyridine rings is 1. The van der Waals surface area contributed by atoms with E-state index in [1.54, 1.807) is 5.01 Å². The van der Waals surface area contributed by atoms with Gasteiger partial charge in [-0.25, -0.2) is 5.01 Å². The third-order valence-electron chi connectivity index (χ3n) is 4.82. The van der Waals surface area contributed by atoms with E-state index < -0.39 is 0 Å². The molecule has 4 nitrogen and oxygen atoms in total. The molecule has 4 aromatic rings. The predicted molar refractivity (Wildman–Crippen MR) is 120 cm³/mol. The van der Waals surface area contributed by atoms with Crippen molar-refractivity contribution >= 4 is 5.91 Å². The van der Waals surface area contributed by atoms with Gasteiger partial charge in [0, 0.05) is 43.9 Å². The van der Waals surface area contributed by atoms with Gasteiger partial charge in [-0.1, -0.05) is 66.7 Å². The molecule has 0 radical (unpaired) electrons. The van der Waals surface area contributed by atoms with Gasteiger partial charge in [0.05, 0.1) is 0 Å². The second-order valence-electron chi connectivity index (χ2n) is 7.25. The number of rotatable bonds is 5. The Hall–Kier alpha value is -3.76. The lowest BCUT2D eigenvalue weighted by Crippen LogP contribution is -2.46. The highest BCUT2D eigenvalue weighted by Gasteiger charge is 2.28. The minimum absolute atomic E-state index is 0.168. The van der Waals surface area contributed by atoms with Crippen molar-refractivity contribution in [1.82, 2.24) is 10.4 Å². The largest absolute Gasteiger partial charge is 0.330 e. The van der Waals surface area contributed by atoms with Crippen molar-refractivity contribution in [3.63, 3.8) is 0 Å². The van der Waals surface area contributed by atoms with Crippen LogP contribution in [0.4, 0.5) is 0 Å². The van der Waals surface area contributed by atoms with Crippen molar-refractivity contribution in [3.05, 3.63) is 109 Å². The zero-order chi connectivity index (χ0) is 20.9. The fraction of sp³-hybridized carbons (Fsp3) is 0.0769. The summed E-state index contributed by atoms with van der Waals surface area (Å²) in [6.45, 7) is 0. The van der Waals surface area contributed by atoms with Gasteiger partial charge in [-0.15, -0.1) is 4.57 Å². The van der Waals surface area contributed by atoms with E-state index in [1.165, 1.54) is 0 Å². The maximum atomic E-state index is 13.2. The minimum Gasteiger partial charge on any atom is -0.280 e. The molecule has 0 saturated carbocycles. The summed E-state index contributed by atoms with van der Waals surface area (Å²) in [5, 5.41) is 1.66. The average Bonchev–Trinajstić information content (AvgIpc) is 2.79. The molecule has 0 atom stereocenters. The Bertz CT molecular complexity index is 1140. The van der Waals surface area contributed by atoms with Crippen molar-refractivity contribution in [3.8, 4) is 28.1 Å². The Kier molecular flexibility index (Phi) is 5.68. The number of nitrogens with one attached hydrogen (secondary N) is 1. The van der Waals surface area contributed by atoms with Crippen LogP contribution in [0.25, 0.3) is 28.1 Å². The quantitative estimate of drug-likeness (QED) is 0.400. The first-order chi connectivity index (χ1) is 14.6. The van der Waals surface area contributed by atoms with E-state index in [4.69, 9.17) is 0 Å². The third-order valence-corrected chi connectivity index (χ3v) is 4.82. The Morgan fingerprint density at radius 2 is 1.23 bits per heavy atom. The summed E-state index contributed by atoms with van der Waals surface area (Å²) in [5.74, 6) is -0.168. The molecule has 0 spiro atoms. The van der Waals surface area contributed by atoms with Crippen molar-refractivity contribution in [2.24, 2.45) is 0 Å². The number of carbonyl (C=O) groups excluding carboxylic acids is 1. The molecule has 0 saturated heterocycles. The zero-order valence-electron chi connectivity index (χ0n) is 17.1. The van der Waals surface area contributed by atoms with Gasteiger partial charge in [0.1, 0.15) is 0 Å². The molecular formula is C26H24N3O+. The molecule has 0 aliphatic carbocycles. The van der Waals surface area contributed by atoms with E-state index >= 15 is 0 Å². The monoisotopic (exact) mass is 394 g/mol. The first-order valence-electron chi connectivity index (χ1n) is 9.88. The van der Waals surface area contributed by atoms with Crippen molar-refractivity contribution in [2.45, 2.75) is 0 Å². The molecule has 30 heavy (non-hydrogen) atoms. The second-order valence-corrected chi connectivity index (χ2v) is 7.25. The van der Waals surface area contributed by atoms with Gasteiger partial charge in [-0.3, -0.25) is 10.2 Å². The Morgan fingerprint density at radius 3 is 1.80 bits per heavy atom. The molecule has 3 aromatic carbocycles. The molecule has 1 amide bonds. The highest BCUT2D eigenvalue weighted by atomic mass is 16.2. The highest BCUT2D eigenvalue weighted by Crippen LogP contribution is 2.26. The van der Waals surface area contributed by atoms with Gasteiger partial charge in [0.25, 0.3) is 5.69 Å². The van der Waals surface area contributed by atoms with E-state index in [2.05, 4.69) is 35.8 Å². The van der Waals surface area contributed by atoms with Crippen molar-refractivity contribution in [2.75, 3.05) is 14.1 Å². The van der Waals surface area contributed by atoms with E-state index in [0.717, 1.165) is 28.1 Å². The smallest absolute Gasteiger partial charge is 0.280 e. The number of aromatic nitrogens is 1. The molecule has 0 bridgehead atoms. The van der Waals surface area contributed by atoms with Crippen LogP contribution >= 0.6 is 0 Å². The summed E-state index contributed by atoms with van der Waals surface area (Å²) in [6.07, 6.45) is 0. The van der Waals surface area contributed by atoms with E-state index in [0.29, 0.717) is 5.69 Å². The van der Waals surface area contributed by atoms with Crippen LogP contribution in [0.1, 0.15) is 10.5 Å². The van der Waals surface area contributed by atoms with E-state index in [1.807, 2.05) is 91.5 Å². The van der Waals surface area contributed by atoms with Crippen LogP contribution in [0.15, 0.2) is 103 Å². The number of hydrogen-bond acceptors (Lipinski definition) is 2. The molecule has 1 aromatic heterocycles. The van der Waals surface area contributed by atoms with Crippen LogP contribution in [-0.4, -0.2) is 25.0 Å². The zero-order valence-corrected chi connectivity index (χ0v) is 17.1. The maximum Gasteiger partial charge on any atom is 0.330 e. The van der Waals surface area contributed by atoms with Crippen LogP contribution in [0.5, 0.6) is 0 Å². The molecule has 0 aliphatic rings. The fourth-order valence-corrected chi connectivity index (χ4v) is 3.50. The topological polar surface area (TPSA) is 36.2 Å². The Morgan fingerprint density at radius 1 is 0.700 bits per heavy atom. The number of carbonyl (C=O) groups is 1. The predicted octanol–water partition coefficient (Wildman–Crippen LogP) is 4.50. The molecule has 1 N–H and O–H groups in total. The average molecular weight is 394 g/mol. The molecule has 4 rings (SSSR count). The Balaban J connectivity index is 2.04. The van der Waals surface area contributed by atoms with Gasteiger partial charge in [-0.2, -0.15) is 0 Å². The summed E-state index contributed by atoms with van der Waals surface area (Å²) in [4.78, 5) is 13.2. The summed E-state index contributed by atoms with van der Waals surface area (Å²) in [6, 6.07) is 34.4. The van der Waals surface area contributed by atoms with E-state index in [9.17, 15) is 4.79 Å². The minimum atomic E-state index is -0.168. The molecule has 4 heteroatoms. The van der Waals surface area contributed by atoms with Crippen molar-refractivity contribution in [1.29, 1.82) is 0 Å². The maximum absolute atomic E-state index is 13.2. The number of nitrogens with zero attached hydrogens (tertiary/aromatic N) is 2. The number of benzene rings is 3. The third kappa shape index (κ3) is 4.14. The molecule has 1 heterocycles. The van der Waals surface area contributed by atoms with Gasteiger partial charge in [0.2, 0.25) is 11.4 Å². The summed E-state index contributed by atoms with van der Waals surface area (Å²) in [7, 11) is 3.62. The first kappa shape index (κ1) is 19.6. The number of hydrazine groups is 1. The molecule has 148 valence electrons. The molecular weight excluding hydrogens is 370 g/mol. The normalized spacial score (nSPS) is 10.8. The van der Waals surface area contributed by atoms with Gasteiger partial charge in [-0.05, 0) is 23.3 Å². The summed E-state index contributed by atoms with van der Waals surface area (Å²) < 4.78 is 2.01. The summed E-state index contributed by atoms with van der Waals surface area (Å²) in [5.41, 5.74) is 8.44. The highest BCUT2D eigenvalue weighted by molar-refractivity contribution is 5.92. The number of hydrogen-bond donors (Lipinski definition) is 1. The van der Waals surface area contributed by atoms with Crippen LogP contribution in [-0.2, 0) is 0 Å². The standard InChI is InChI=1S/C26H23N3O/c1-28(2)27-26(30)25-19-22(20-12-6-3-7-13-20)18-24(21-14-8-4-9-15-21)29(25)23-16-10-5-11-17-23/h3-19H,1-2H3/p+1. The van der Waals surface area contributed by atoms with Crippen LogP contribution < -0.4 is 9.99 Å². The van der Waals surface area contributed by atoms with E-state index in [-0.39, 0.29) is 5.91 Å². The van der Waals surface area contributed by atoms with Gasteiger partial charge in [0.15, 0.2) is 0 Å². The lowest BCUT2D eigenvalue weighted by Gasteiger charge is -2.14. The lowest BCUT2D eigenvalue weighted by molar-refractivity contribution is -0.586. The number of amides is 1. The molecule has 0 fully saturated rings. The van der Waals surface area contributed by atoms with Crippen LogP contribution in [0, 0.1) is 0 Å². The SMILES string of the molecule is CN(C)NC(=O)c1cc(-c2ccccc2)cc(-c2ccccc2)[n+]1-c1ccccc1. The number of para-hydroxylation sites is 1. The lowest BCUT2D eigenvalue weighted by atomic mass is 10.0.